The van der Waals surface area contributed by atoms with Crippen molar-refractivity contribution in [3.63, 3.8) is 0 Å². The quantitative estimate of drug-likeness (QED) is 0.517. The first kappa shape index (κ1) is 11.9. The van der Waals surface area contributed by atoms with Crippen LogP contribution in [0.5, 0.6) is 0 Å². The van der Waals surface area contributed by atoms with Crippen LogP contribution in [-0.2, 0) is 4.79 Å². The van der Waals surface area contributed by atoms with Crippen LogP contribution in [0.3, 0.4) is 0 Å². The summed E-state index contributed by atoms with van der Waals surface area (Å²) in [5, 5.41) is 0. The molecule has 16 heavy (non-hydrogen) atoms. The molecule has 2 aliphatic rings. The van der Waals surface area contributed by atoms with Crippen molar-refractivity contribution in [1.29, 1.82) is 0 Å². The van der Waals surface area contributed by atoms with Gasteiger partial charge in [0.2, 0.25) is 0 Å². The summed E-state index contributed by atoms with van der Waals surface area (Å²) in [7, 11) is 0. The second-order valence-electron chi connectivity index (χ2n) is 6.46. The van der Waals surface area contributed by atoms with Crippen molar-refractivity contribution in [3.05, 3.63) is 11.6 Å². The second-order valence-corrected chi connectivity index (χ2v) is 6.46. The van der Waals surface area contributed by atoms with E-state index in [9.17, 15) is 4.79 Å². The van der Waals surface area contributed by atoms with Gasteiger partial charge in [-0.1, -0.05) is 33.8 Å². The molecule has 2 saturated carbocycles. The van der Waals surface area contributed by atoms with Crippen LogP contribution in [0.2, 0.25) is 0 Å². The van der Waals surface area contributed by atoms with E-state index in [1.807, 2.05) is 0 Å². The minimum Gasteiger partial charge on any atom is -0.298 e. The average molecular weight is 220 g/mol. The summed E-state index contributed by atoms with van der Waals surface area (Å²) in [5.74, 6) is 1.74. The average Bonchev–Trinajstić information content (AvgIpc) is 2.86. The molecule has 2 aliphatic carbocycles. The molecule has 0 aromatic heterocycles. The van der Waals surface area contributed by atoms with E-state index in [0.29, 0.717) is 10.8 Å². The van der Waals surface area contributed by atoms with Crippen LogP contribution in [0, 0.1) is 22.7 Å². The predicted molar refractivity (Wildman–Crippen MR) is 67.2 cm³/mol. The first-order valence-corrected chi connectivity index (χ1v) is 6.60. The summed E-state index contributed by atoms with van der Waals surface area (Å²) in [6.07, 6.45) is 7.96. The third-order valence-corrected chi connectivity index (χ3v) is 5.70. The molecule has 1 heteroatoms. The molecule has 0 aromatic carbocycles. The summed E-state index contributed by atoms with van der Waals surface area (Å²) < 4.78 is 0. The van der Waals surface area contributed by atoms with E-state index in [-0.39, 0.29) is 0 Å². The van der Waals surface area contributed by atoms with Gasteiger partial charge in [-0.05, 0) is 53.9 Å². The second kappa shape index (κ2) is 3.72. The number of allylic oxidation sites excluding steroid dienone is 2. The minimum atomic E-state index is 0.454. The highest BCUT2D eigenvalue weighted by molar-refractivity contribution is 5.72. The summed E-state index contributed by atoms with van der Waals surface area (Å²) in [6, 6.07) is 0. The lowest BCUT2D eigenvalue weighted by atomic mass is 9.70. The van der Waals surface area contributed by atoms with E-state index >= 15 is 0 Å². The fraction of sp³-hybridized carbons (Fsp3) is 0.800. The Morgan fingerprint density at radius 3 is 2.50 bits per heavy atom. The number of hydrogen-bond acceptors (Lipinski definition) is 1. The van der Waals surface area contributed by atoms with Crippen molar-refractivity contribution < 1.29 is 4.79 Å². The zero-order chi connectivity index (χ0) is 12.0. The molecule has 3 atom stereocenters. The lowest BCUT2D eigenvalue weighted by Crippen LogP contribution is -2.27. The van der Waals surface area contributed by atoms with Gasteiger partial charge in [-0.15, -0.1) is 0 Å². The van der Waals surface area contributed by atoms with Gasteiger partial charge >= 0.3 is 0 Å². The zero-order valence-corrected chi connectivity index (χ0v) is 11.0. The summed E-state index contributed by atoms with van der Waals surface area (Å²) in [4.78, 5) is 10.8. The van der Waals surface area contributed by atoms with Crippen LogP contribution in [0.15, 0.2) is 11.6 Å². The van der Waals surface area contributed by atoms with Gasteiger partial charge in [0.15, 0.2) is 0 Å². The number of rotatable bonds is 4. The highest BCUT2D eigenvalue weighted by atomic mass is 16.1. The van der Waals surface area contributed by atoms with Crippen LogP contribution in [0.25, 0.3) is 0 Å². The first-order valence-electron chi connectivity index (χ1n) is 6.60. The number of aldehydes is 1. The lowest BCUT2D eigenvalue weighted by Gasteiger charge is -2.35. The summed E-state index contributed by atoms with van der Waals surface area (Å²) in [5.41, 5.74) is 2.02. The van der Waals surface area contributed by atoms with Crippen LogP contribution in [0.1, 0.15) is 53.4 Å². The van der Waals surface area contributed by atoms with Crippen molar-refractivity contribution in [3.8, 4) is 0 Å². The van der Waals surface area contributed by atoms with Gasteiger partial charge in [-0.3, -0.25) is 4.79 Å². The summed E-state index contributed by atoms with van der Waals surface area (Å²) in [6.45, 7) is 9.34. The monoisotopic (exact) mass is 220 g/mol. The number of carbonyl (C=O) groups excluding carboxylic acids is 1. The lowest BCUT2D eigenvalue weighted by molar-refractivity contribution is -0.105. The third-order valence-electron chi connectivity index (χ3n) is 5.70. The Balaban J connectivity index is 2.03. The molecule has 0 aromatic rings. The van der Waals surface area contributed by atoms with Gasteiger partial charge in [0.25, 0.3) is 0 Å². The third kappa shape index (κ3) is 1.56. The van der Waals surface area contributed by atoms with E-state index < -0.39 is 0 Å². The number of carbonyl (C=O) groups is 1. The molecule has 0 heterocycles. The van der Waals surface area contributed by atoms with E-state index in [1.54, 1.807) is 0 Å². The van der Waals surface area contributed by atoms with Crippen LogP contribution in [0.4, 0.5) is 0 Å². The van der Waals surface area contributed by atoms with Crippen molar-refractivity contribution in [2.24, 2.45) is 22.7 Å². The van der Waals surface area contributed by atoms with Gasteiger partial charge in [0.1, 0.15) is 6.29 Å². The highest BCUT2D eigenvalue weighted by Gasteiger charge is 2.66. The normalized spacial score (nSPS) is 40.6. The molecule has 2 fully saturated rings. The van der Waals surface area contributed by atoms with Gasteiger partial charge < -0.3 is 0 Å². The maximum Gasteiger partial charge on any atom is 0.145 e. The molecule has 0 radical (unpaired) electrons. The van der Waals surface area contributed by atoms with Crippen molar-refractivity contribution in [2.75, 3.05) is 0 Å². The van der Waals surface area contributed by atoms with Gasteiger partial charge in [-0.2, -0.15) is 0 Å². The molecule has 3 unspecified atom stereocenters. The molecule has 1 nitrogen and oxygen atoms in total. The maximum atomic E-state index is 10.8. The van der Waals surface area contributed by atoms with Gasteiger partial charge in [0.05, 0.1) is 0 Å². The number of fused-ring (bicyclic) bond motifs is 1. The van der Waals surface area contributed by atoms with E-state index in [1.165, 1.54) is 12.8 Å². The fourth-order valence-electron chi connectivity index (χ4n) is 3.65. The van der Waals surface area contributed by atoms with Crippen LogP contribution in [-0.4, -0.2) is 6.29 Å². The van der Waals surface area contributed by atoms with Gasteiger partial charge in [0, 0.05) is 0 Å². The molecule has 0 aliphatic heterocycles. The highest BCUT2D eigenvalue weighted by Crippen LogP contribution is 2.74. The Morgan fingerprint density at radius 1 is 1.38 bits per heavy atom. The van der Waals surface area contributed by atoms with E-state index in [4.69, 9.17) is 0 Å². The van der Waals surface area contributed by atoms with Crippen LogP contribution < -0.4 is 0 Å². The summed E-state index contributed by atoms with van der Waals surface area (Å²) >= 11 is 0. The molecule has 0 bridgehead atoms. The molecule has 2 rings (SSSR count). The Kier molecular flexibility index (Phi) is 2.76. The molecular weight excluding hydrogens is 196 g/mol. The first-order chi connectivity index (χ1) is 7.45. The van der Waals surface area contributed by atoms with Crippen LogP contribution >= 0.6 is 0 Å². The Bertz CT molecular complexity index is 326. The van der Waals surface area contributed by atoms with Crippen molar-refractivity contribution in [1.82, 2.24) is 0 Å². The maximum absolute atomic E-state index is 10.8. The smallest absolute Gasteiger partial charge is 0.145 e. The van der Waals surface area contributed by atoms with Crippen molar-refractivity contribution in [2.45, 2.75) is 53.4 Å². The van der Waals surface area contributed by atoms with E-state index in [0.717, 1.165) is 36.5 Å². The Labute approximate surface area is 99.3 Å². The zero-order valence-electron chi connectivity index (χ0n) is 11.0. The predicted octanol–water partition coefficient (Wildman–Crippen LogP) is 3.98. The standard InChI is InChI=1S/C15H24O/c1-5-11(10-16)6-7-12-8-13-9-15(13,4)14(12,2)3/h6,10,12-13H,5,7-9H2,1-4H3. The van der Waals surface area contributed by atoms with Crippen molar-refractivity contribution >= 4 is 6.29 Å². The Hall–Kier alpha value is -0.590. The minimum absolute atomic E-state index is 0.454. The van der Waals surface area contributed by atoms with Gasteiger partial charge in [-0.25, -0.2) is 0 Å². The molecular formula is C15H24O. The molecule has 0 amide bonds. The topological polar surface area (TPSA) is 17.1 Å². The van der Waals surface area contributed by atoms with E-state index in [2.05, 4.69) is 33.8 Å². The molecule has 0 saturated heterocycles. The molecule has 0 N–H and O–H groups in total. The molecule has 90 valence electrons. The molecule has 0 spiro atoms. The Morgan fingerprint density at radius 2 is 2.06 bits per heavy atom. The largest absolute Gasteiger partial charge is 0.298 e. The fourth-order valence-corrected chi connectivity index (χ4v) is 3.65. The SMILES string of the molecule is CCC(C=O)=CCC1CC2CC2(C)C1(C)C. The number of hydrogen-bond donors (Lipinski definition) is 0.